The lowest BCUT2D eigenvalue weighted by molar-refractivity contribution is -0.109. The molecule has 0 aliphatic rings. The molecule has 1 aromatic carbocycles. The van der Waals surface area contributed by atoms with Gasteiger partial charge in [0.1, 0.15) is 5.75 Å². The molecule has 1 heterocycles. The summed E-state index contributed by atoms with van der Waals surface area (Å²) in [7, 11) is 1.70. The van der Waals surface area contributed by atoms with Crippen LogP contribution in [0.15, 0.2) is 42.7 Å². The quantitative estimate of drug-likeness (QED) is 0.870. The van der Waals surface area contributed by atoms with Gasteiger partial charge in [0.15, 0.2) is 0 Å². The Hall–Kier alpha value is -2.36. The van der Waals surface area contributed by atoms with Crippen molar-refractivity contribution in [2.24, 2.45) is 0 Å². The molecular weight excluding hydrogens is 252 g/mol. The summed E-state index contributed by atoms with van der Waals surface area (Å²) in [6.07, 6.45) is 4.09. The minimum atomic E-state index is 0.553. The largest absolute Gasteiger partial charge is 0.496 e. The smallest absolute Gasteiger partial charge is 0.207 e. The molecule has 4 nitrogen and oxygen atoms in total. The highest BCUT2D eigenvalue weighted by atomic mass is 16.5. The Kier molecular flexibility index (Phi) is 6.82. The maximum Gasteiger partial charge on any atom is 0.207 e. The lowest BCUT2D eigenvalue weighted by Crippen LogP contribution is -2.09. The maximum absolute atomic E-state index is 9.85. The highest BCUT2D eigenvalue weighted by Gasteiger charge is 1.95. The minimum Gasteiger partial charge on any atom is -0.496 e. The zero-order valence-corrected chi connectivity index (χ0v) is 12.1. The summed E-state index contributed by atoms with van der Waals surface area (Å²) in [5.41, 5.74) is 3.44. The van der Waals surface area contributed by atoms with Crippen molar-refractivity contribution in [3.8, 4) is 5.75 Å². The molecule has 20 heavy (non-hydrogen) atoms. The summed E-state index contributed by atoms with van der Waals surface area (Å²) in [5.74, 6) is 0.972. The zero-order valence-electron chi connectivity index (χ0n) is 12.1. The van der Waals surface area contributed by atoms with Crippen molar-refractivity contribution >= 4 is 6.41 Å². The third kappa shape index (κ3) is 5.52. The number of ether oxygens (including phenoxy) is 1. The normalized spacial score (nSPS) is 9.15. The van der Waals surface area contributed by atoms with E-state index in [1.54, 1.807) is 19.5 Å². The number of nitrogens with one attached hydrogen (secondary N) is 1. The third-order valence-electron chi connectivity index (χ3n) is 2.68. The summed E-state index contributed by atoms with van der Waals surface area (Å²) in [4.78, 5) is 13.7. The minimum absolute atomic E-state index is 0.553. The van der Waals surface area contributed by atoms with Gasteiger partial charge in [-0.05, 0) is 42.7 Å². The monoisotopic (exact) mass is 272 g/mol. The SMILES string of the molecule is COc1cc(C)ccc1C.O=CNCc1cccnc1. The molecule has 1 aromatic heterocycles. The fourth-order valence-corrected chi connectivity index (χ4v) is 1.59. The molecule has 0 unspecified atom stereocenters. The topological polar surface area (TPSA) is 51.2 Å². The number of benzene rings is 1. The van der Waals surface area contributed by atoms with Crippen LogP contribution in [0.5, 0.6) is 5.75 Å². The molecule has 0 spiro atoms. The van der Waals surface area contributed by atoms with Gasteiger partial charge in [-0.15, -0.1) is 0 Å². The number of carbonyl (C=O) groups excluding carboxylic acids is 1. The molecular formula is C16H20N2O2. The van der Waals surface area contributed by atoms with Gasteiger partial charge in [-0.3, -0.25) is 9.78 Å². The number of hydrogen-bond acceptors (Lipinski definition) is 3. The second kappa shape index (κ2) is 8.69. The second-order valence-electron chi connectivity index (χ2n) is 4.33. The predicted molar refractivity (Wildman–Crippen MR) is 79.6 cm³/mol. The van der Waals surface area contributed by atoms with Crippen LogP contribution in [-0.2, 0) is 11.3 Å². The van der Waals surface area contributed by atoms with Gasteiger partial charge < -0.3 is 10.1 Å². The van der Waals surface area contributed by atoms with Gasteiger partial charge in [0.05, 0.1) is 7.11 Å². The highest BCUT2D eigenvalue weighted by molar-refractivity contribution is 5.46. The Labute approximate surface area is 119 Å². The summed E-state index contributed by atoms with van der Waals surface area (Å²) in [6, 6.07) is 9.92. The first-order valence-corrected chi connectivity index (χ1v) is 6.34. The van der Waals surface area contributed by atoms with Crippen molar-refractivity contribution in [2.45, 2.75) is 20.4 Å². The van der Waals surface area contributed by atoms with E-state index in [1.807, 2.05) is 25.1 Å². The number of amides is 1. The van der Waals surface area contributed by atoms with Crippen LogP contribution < -0.4 is 10.1 Å². The van der Waals surface area contributed by atoms with Gasteiger partial charge >= 0.3 is 0 Å². The van der Waals surface area contributed by atoms with E-state index in [0.29, 0.717) is 13.0 Å². The Morgan fingerprint density at radius 3 is 2.65 bits per heavy atom. The molecule has 4 heteroatoms. The third-order valence-corrected chi connectivity index (χ3v) is 2.68. The van der Waals surface area contributed by atoms with Crippen LogP contribution in [0, 0.1) is 13.8 Å². The molecule has 0 fully saturated rings. The predicted octanol–water partition coefficient (Wildman–Crippen LogP) is 2.64. The molecule has 0 saturated heterocycles. The molecule has 0 saturated carbocycles. The van der Waals surface area contributed by atoms with Crippen molar-refractivity contribution in [1.29, 1.82) is 0 Å². The van der Waals surface area contributed by atoms with Crippen LogP contribution in [0.25, 0.3) is 0 Å². The number of rotatable bonds is 4. The van der Waals surface area contributed by atoms with E-state index in [-0.39, 0.29) is 0 Å². The fourth-order valence-electron chi connectivity index (χ4n) is 1.59. The van der Waals surface area contributed by atoms with Crippen molar-refractivity contribution in [2.75, 3.05) is 7.11 Å². The van der Waals surface area contributed by atoms with Crippen LogP contribution in [0.4, 0.5) is 0 Å². The van der Waals surface area contributed by atoms with Gasteiger partial charge in [-0.1, -0.05) is 18.2 Å². The lowest BCUT2D eigenvalue weighted by atomic mass is 10.1. The van der Waals surface area contributed by atoms with Gasteiger partial charge in [0.25, 0.3) is 0 Å². The number of aromatic nitrogens is 1. The van der Waals surface area contributed by atoms with Gasteiger partial charge in [0, 0.05) is 18.9 Å². The van der Waals surface area contributed by atoms with E-state index in [0.717, 1.165) is 11.3 Å². The van der Waals surface area contributed by atoms with Crippen molar-refractivity contribution in [1.82, 2.24) is 10.3 Å². The molecule has 0 aliphatic heterocycles. The standard InChI is InChI=1S/C9H12O.C7H8N2O/c1-7-4-5-8(2)9(6-7)10-3;10-6-9-5-7-2-1-3-8-4-7/h4-6H,1-3H3;1-4,6H,5H2,(H,9,10). The first-order valence-electron chi connectivity index (χ1n) is 6.34. The van der Waals surface area contributed by atoms with E-state index in [2.05, 4.69) is 29.4 Å². The number of methoxy groups -OCH3 is 1. The van der Waals surface area contributed by atoms with E-state index in [4.69, 9.17) is 4.74 Å². The van der Waals surface area contributed by atoms with Crippen molar-refractivity contribution in [3.63, 3.8) is 0 Å². The summed E-state index contributed by atoms with van der Waals surface area (Å²) >= 11 is 0. The van der Waals surface area contributed by atoms with Crippen LogP contribution in [-0.4, -0.2) is 18.5 Å². The fraction of sp³-hybridized carbons (Fsp3) is 0.250. The summed E-state index contributed by atoms with van der Waals surface area (Å²) in [6.45, 7) is 4.65. The first kappa shape index (κ1) is 15.7. The molecule has 0 radical (unpaired) electrons. The first-order chi connectivity index (χ1) is 9.67. The Morgan fingerprint density at radius 1 is 1.30 bits per heavy atom. The van der Waals surface area contributed by atoms with E-state index >= 15 is 0 Å². The molecule has 0 aliphatic carbocycles. The van der Waals surface area contributed by atoms with E-state index in [1.165, 1.54) is 11.1 Å². The number of aryl methyl sites for hydroxylation is 2. The van der Waals surface area contributed by atoms with E-state index < -0.39 is 0 Å². The molecule has 2 aromatic rings. The average Bonchev–Trinajstić information content (AvgIpc) is 2.49. The van der Waals surface area contributed by atoms with Crippen molar-refractivity contribution < 1.29 is 9.53 Å². The lowest BCUT2D eigenvalue weighted by Gasteiger charge is -2.03. The van der Waals surface area contributed by atoms with Crippen LogP contribution >= 0.6 is 0 Å². The number of pyridine rings is 1. The number of hydrogen-bond donors (Lipinski definition) is 1. The molecule has 106 valence electrons. The van der Waals surface area contributed by atoms with Crippen LogP contribution in [0.3, 0.4) is 0 Å². The maximum atomic E-state index is 9.85. The molecule has 0 atom stereocenters. The molecule has 0 bridgehead atoms. The zero-order chi connectivity index (χ0) is 14.8. The second-order valence-corrected chi connectivity index (χ2v) is 4.33. The Bertz CT molecular complexity index is 527. The Balaban J connectivity index is 0.000000200. The number of carbonyl (C=O) groups is 1. The van der Waals surface area contributed by atoms with Gasteiger partial charge in [-0.2, -0.15) is 0 Å². The molecule has 1 amide bonds. The average molecular weight is 272 g/mol. The van der Waals surface area contributed by atoms with E-state index in [9.17, 15) is 4.79 Å². The Morgan fingerprint density at radius 2 is 2.10 bits per heavy atom. The molecule has 1 N–H and O–H groups in total. The highest BCUT2D eigenvalue weighted by Crippen LogP contribution is 2.17. The van der Waals surface area contributed by atoms with Crippen LogP contribution in [0.1, 0.15) is 16.7 Å². The van der Waals surface area contributed by atoms with Gasteiger partial charge in [0.2, 0.25) is 6.41 Å². The summed E-state index contributed by atoms with van der Waals surface area (Å²) in [5, 5.41) is 2.54. The van der Waals surface area contributed by atoms with Gasteiger partial charge in [-0.25, -0.2) is 0 Å². The van der Waals surface area contributed by atoms with Crippen LogP contribution in [0.2, 0.25) is 0 Å². The number of nitrogens with zero attached hydrogens (tertiary/aromatic N) is 1. The summed E-state index contributed by atoms with van der Waals surface area (Å²) < 4.78 is 5.13. The molecule has 2 rings (SSSR count). The van der Waals surface area contributed by atoms with Crippen molar-refractivity contribution in [3.05, 3.63) is 59.4 Å².